The highest BCUT2D eigenvalue weighted by atomic mass is 28.4. The van der Waals surface area contributed by atoms with Crippen molar-refractivity contribution in [2.75, 3.05) is 9.80 Å². The molecule has 0 spiro atoms. The van der Waals surface area contributed by atoms with E-state index in [-0.39, 0.29) is 16.3 Å². The molecule has 0 fully saturated rings. The van der Waals surface area contributed by atoms with Gasteiger partial charge in [-0.2, -0.15) is 0 Å². The van der Waals surface area contributed by atoms with E-state index < -0.39 is 16.1 Å². The second kappa shape index (κ2) is 16.5. The fourth-order valence-corrected chi connectivity index (χ4v) is 25.0. The third-order valence-corrected chi connectivity index (χ3v) is 24.6. The monoisotopic (exact) mass is 914 g/mol. The van der Waals surface area contributed by atoms with Gasteiger partial charge in [-0.3, -0.25) is 0 Å². The molecule has 1 aliphatic rings. The summed E-state index contributed by atoms with van der Waals surface area (Å²) in [6.07, 6.45) is 0. The van der Waals surface area contributed by atoms with E-state index in [1.54, 1.807) is 24.3 Å². The molecule has 9 aromatic carbocycles. The van der Waals surface area contributed by atoms with Crippen LogP contribution in [0.25, 0.3) is 43.4 Å². The Hall–Kier alpha value is -6.35. The van der Waals surface area contributed by atoms with Crippen LogP contribution in [0.2, 0.25) is 39.3 Å². The molecule has 0 N–H and O–H groups in total. The summed E-state index contributed by atoms with van der Waals surface area (Å²) in [5, 5.41) is 7.55. The van der Waals surface area contributed by atoms with Crippen LogP contribution in [0.3, 0.4) is 0 Å². The van der Waals surface area contributed by atoms with Crippen LogP contribution in [0.1, 0.15) is 61.8 Å². The van der Waals surface area contributed by atoms with Gasteiger partial charge in [0.25, 0.3) is 0 Å². The molecule has 0 amide bonds. The second-order valence-corrected chi connectivity index (χ2v) is 32.3. The molecule has 1 aliphatic carbocycles. The maximum atomic E-state index is 14.5. The quantitative estimate of drug-likeness (QED) is 0.0996. The van der Waals surface area contributed by atoms with Gasteiger partial charge < -0.3 is 9.80 Å². The van der Waals surface area contributed by atoms with Crippen molar-refractivity contribution in [1.29, 1.82) is 0 Å². The molecule has 67 heavy (non-hydrogen) atoms. The fourth-order valence-electron chi connectivity index (χ4n) is 11.9. The van der Waals surface area contributed by atoms with Crippen LogP contribution in [0.4, 0.5) is 42.9 Å². The first-order chi connectivity index (χ1) is 32.0. The standard InChI is InChI=1S/C61H60F2N2Si2/c1-39(2)41-15-24-46(25-16-41)64(48-28-20-44(62)21-29-48)50-32-35-52-43(37-50)19-34-56-58-54-14-12-11-13-53(54)57-38-51(33-36-55(57)60(58)61(59(52)56,66(5,6)7)67(8,9)10)65(49-30-22-45(63)23-31-49)47-26-17-42(18-27-47)40(3)4/h11-40H,1-10H3. The number of rotatable bonds is 10. The molecule has 6 heteroatoms. The van der Waals surface area contributed by atoms with E-state index in [0.717, 1.165) is 34.1 Å². The summed E-state index contributed by atoms with van der Waals surface area (Å²) in [6, 6.07) is 59.2. The largest absolute Gasteiger partial charge is 0.310 e. The Morgan fingerprint density at radius 3 is 1.27 bits per heavy atom. The summed E-state index contributed by atoms with van der Waals surface area (Å²) in [4.78, 5) is 4.52. The van der Waals surface area contributed by atoms with Gasteiger partial charge in [-0.15, -0.1) is 0 Å². The van der Waals surface area contributed by atoms with Crippen molar-refractivity contribution in [3.05, 3.63) is 204 Å². The number of anilines is 6. The topological polar surface area (TPSA) is 6.48 Å². The van der Waals surface area contributed by atoms with Crippen molar-refractivity contribution < 1.29 is 8.78 Å². The molecule has 0 aliphatic heterocycles. The van der Waals surface area contributed by atoms with E-state index in [1.165, 1.54) is 65.7 Å². The summed E-state index contributed by atoms with van der Waals surface area (Å²) in [6.45, 7) is 24.5. The average Bonchev–Trinajstić information content (AvgIpc) is 3.65. The van der Waals surface area contributed by atoms with Gasteiger partial charge in [0.2, 0.25) is 0 Å². The molecule has 0 heterocycles. The number of nitrogens with zero attached hydrogens (tertiary/aromatic N) is 2. The second-order valence-electron chi connectivity index (χ2n) is 21.3. The molecule has 0 aromatic heterocycles. The van der Waals surface area contributed by atoms with Crippen LogP contribution in [0.5, 0.6) is 0 Å². The van der Waals surface area contributed by atoms with E-state index in [2.05, 4.69) is 198 Å². The number of halogens is 2. The van der Waals surface area contributed by atoms with Crippen LogP contribution < -0.4 is 9.80 Å². The van der Waals surface area contributed by atoms with Crippen molar-refractivity contribution in [3.8, 4) is 11.1 Å². The van der Waals surface area contributed by atoms with Crippen LogP contribution in [-0.2, 0) is 4.66 Å². The molecule has 0 unspecified atom stereocenters. The predicted molar refractivity (Wildman–Crippen MR) is 289 cm³/mol. The van der Waals surface area contributed by atoms with Gasteiger partial charge in [0.05, 0.1) is 16.1 Å². The lowest BCUT2D eigenvalue weighted by atomic mass is 9.91. The van der Waals surface area contributed by atoms with Crippen molar-refractivity contribution in [2.45, 2.75) is 83.5 Å². The van der Waals surface area contributed by atoms with Gasteiger partial charge in [-0.05, 0) is 175 Å². The summed E-state index contributed by atoms with van der Waals surface area (Å²) in [5.41, 5.74) is 14.2. The third kappa shape index (κ3) is 7.23. The highest BCUT2D eigenvalue weighted by Gasteiger charge is 2.60. The van der Waals surface area contributed by atoms with E-state index in [0.29, 0.717) is 11.8 Å². The van der Waals surface area contributed by atoms with Crippen LogP contribution >= 0.6 is 0 Å². The number of hydrogen-bond acceptors (Lipinski definition) is 2. The molecule has 9 aromatic rings. The Kier molecular flexibility index (Phi) is 10.9. The average molecular weight is 915 g/mol. The molecule has 10 rings (SSSR count). The summed E-state index contributed by atoms with van der Waals surface area (Å²) < 4.78 is 28.7. The predicted octanol–water partition coefficient (Wildman–Crippen LogP) is 18.6. The van der Waals surface area contributed by atoms with Crippen LogP contribution in [0, 0.1) is 11.6 Å². The van der Waals surface area contributed by atoms with Crippen molar-refractivity contribution in [1.82, 2.24) is 0 Å². The van der Waals surface area contributed by atoms with Gasteiger partial charge in [-0.25, -0.2) is 8.78 Å². The third-order valence-electron chi connectivity index (χ3n) is 14.6. The first kappa shape index (κ1) is 44.5. The zero-order valence-electron chi connectivity index (χ0n) is 40.5. The van der Waals surface area contributed by atoms with Gasteiger partial charge in [-0.1, -0.05) is 140 Å². The molecule has 0 saturated heterocycles. The Bertz CT molecular complexity index is 3310. The zero-order valence-corrected chi connectivity index (χ0v) is 42.5. The van der Waals surface area contributed by atoms with Crippen molar-refractivity contribution in [2.24, 2.45) is 0 Å². The molecule has 0 saturated carbocycles. The van der Waals surface area contributed by atoms with Crippen LogP contribution in [-0.4, -0.2) is 16.1 Å². The SMILES string of the molecule is CC(C)c1ccc(N(c2ccc(F)cc2)c2ccc3c4c(ccc3c2)-c2c(c3ccc(N(c5ccc(F)cc5)c5ccc(C(C)C)cc5)cc3c3ccccc23)C4([Si](C)(C)C)[Si](C)(C)C)cc1. The Morgan fingerprint density at radius 1 is 0.388 bits per heavy atom. The molecule has 0 radical (unpaired) electrons. The zero-order chi connectivity index (χ0) is 47.2. The first-order valence-corrected chi connectivity index (χ1v) is 30.9. The van der Waals surface area contributed by atoms with Crippen molar-refractivity contribution >= 4 is 82.6 Å². The lowest BCUT2D eigenvalue weighted by molar-refractivity contribution is 0.627. The highest BCUT2D eigenvalue weighted by molar-refractivity contribution is 7.00. The number of fused-ring (bicyclic) bond motifs is 10. The molecule has 2 nitrogen and oxygen atoms in total. The highest BCUT2D eigenvalue weighted by Crippen LogP contribution is 2.63. The van der Waals surface area contributed by atoms with E-state index in [9.17, 15) is 8.78 Å². The molecule has 0 bridgehead atoms. The Morgan fingerprint density at radius 2 is 0.806 bits per heavy atom. The van der Waals surface area contributed by atoms with Crippen LogP contribution in [0.15, 0.2) is 170 Å². The lowest BCUT2D eigenvalue weighted by Crippen LogP contribution is -2.63. The minimum absolute atomic E-state index is 0.178. The van der Waals surface area contributed by atoms with Gasteiger partial charge in [0, 0.05) is 38.8 Å². The van der Waals surface area contributed by atoms with E-state index in [4.69, 9.17) is 0 Å². The fraction of sp³-hybridized carbons (Fsp3) is 0.213. The maximum absolute atomic E-state index is 14.5. The lowest BCUT2D eigenvalue weighted by Gasteiger charge is -2.52. The number of hydrogen-bond donors (Lipinski definition) is 0. The minimum atomic E-state index is -2.19. The Balaban J connectivity index is 1.23. The van der Waals surface area contributed by atoms with E-state index in [1.807, 2.05) is 24.3 Å². The summed E-state index contributed by atoms with van der Waals surface area (Å²) >= 11 is 0. The first-order valence-electron chi connectivity index (χ1n) is 23.9. The molecule has 336 valence electrons. The molecule has 0 atom stereocenters. The molecular formula is C61H60F2N2Si2. The van der Waals surface area contributed by atoms with Crippen molar-refractivity contribution in [3.63, 3.8) is 0 Å². The smallest absolute Gasteiger partial charge is 0.123 e. The molecular weight excluding hydrogens is 855 g/mol. The van der Waals surface area contributed by atoms with Gasteiger partial charge in [0.1, 0.15) is 11.6 Å². The maximum Gasteiger partial charge on any atom is 0.123 e. The normalized spacial score (nSPS) is 13.5. The number of benzene rings is 9. The summed E-state index contributed by atoms with van der Waals surface area (Å²) in [5.74, 6) is 0.322. The van der Waals surface area contributed by atoms with Gasteiger partial charge in [0.15, 0.2) is 0 Å². The summed E-state index contributed by atoms with van der Waals surface area (Å²) in [7, 11) is -4.37. The van der Waals surface area contributed by atoms with E-state index >= 15 is 0 Å². The van der Waals surface area contributed by atoms with Gasteiger partial charge >= 0.3 is 0 Å². The Labute approximate surface area is 397 Å². The minimum Gasteiger partial charge on any atom is -0.310 e.